The first-order chi connectivity index (χ1) is 12.4. The molecular weight excluding hydrogens is 344 g/mol. The van der Waals surface area contributed by atoms with Crippen LogP contribution in [-0.4, -0.2) is 30.6 Å². The summed E-state index contributed by atoms with van der Waals surface area (Å²) < 4.78 is 8.48. The minimum Gasteiger partial charge on any atom is -0.467 e. The van der Waals surface area contributed by atoms with Crippen molar-refractivity contribution in [3.05, 3.63) is 51.3 Å². The zero-order valence-electron chi connectivity index (χ0n) is 14.1. The van der Waals surface area contributed by atoms with Crippen molar-refractivity contribution < 1.29 is 14.0 Å². The van der Waals surface area contributed by atoms with E-state index in [2.05, 4.69) is 15.6 Å². The summed E-state index contributed by atoms with van der Waals surface area (Å²) in [6.07, 6.45) is 2.74. The molecule has 0 spiro atoms. The van der Waals surface area contributed by atoms with E-state index in [1.807, 2.05) is 0 Å². The van der Waals surface area contributed by atoms with Crippen molar-refractivity contribution in [2.24, 2.45) is 14.1 Å². The van der Waals surface area contributed by atoms with Gasteiger partial charge in [0.1, 0.15) is 12.3 Å². The van der Waals surface area contributed by atoms with Crippen LogP contribution in [0.25, 0.3) is 11.2 Å². The molecular formula is C15H16N6O5. The fourth-order valence-corrected chi connectivity index (χ4v) is 2.46. The maximum atomic E-state index is 12.3. The third-order valence-corrected chi connectivity index (χ3v) is 3.79. The SMILES string of the molecule is Cn1c(=O)c2c(ncn2CC(=O)NC(=O)NCc2ccco2)n(C)c1=O. The Kier molecular flexibility index (Phi) is 4.43. The van der Waals surface area contributed by atoms with Crippen molar-refractivity contribution in [1.82, 2.24) is 29.3 Å². The average molecular weight is 360 g/mol. The number of nitrogens with zero attached hydrogens (tertiary/aromatic N) is 4. The van der Waals surface area contributed by atoms with E-state index in [9.17, 15) is 19.2 Å². The molecule has 0 saturated heterocycles. The topological polar surface area (TPSA) is 133 Å². The van der Waals surface area contributed by atoms with Crippen LogP contribution in [0.15, 0.2) is 38.7 Å². The number of hydrogen-bond donors (Lipinski definition) is 2. The van der Waals surface area contributed by atoms with Crippen molar-refractivity contribution in [1.29, 1.82) is 0 Å². The maximum Gasteiger partial charge on any atom is 0.332 e. The van der Waals surface area contributed by atoms with Crippen LogP contribution in [0.5, 0.6) is 0 Å². The van der Waals surface area contributed by atoms with Gasteiger partial charge in [0.15, 0.2) is 11.2 Å². The van der Waals surface area contributed by atoms with Crippen molar-refractivity contribution in [3.63, 3.8) is 0 Å². The van der Waals surface area contributed by atoms with Crippen LogP contribution in [0.1, 0.15) is 5.76 Å². The van der Waals surface area contributed by atoms with Gasteiger partial charge >= 0.3 is 11.7 Å². The van der Waals surface area contributed by atoms with E-state index in [1.165, 1.54) is 35.8 Å². The van der Waals surface area contributed by atoms with Crippen molar-refractivity contribution in [2.45, 2.75) is 13.1 Å². The first-order valence-electron chi connectivity index (χ1n) is 7.59. The smallest absolute Gasteiger partial charge is 0.332 e. The fraction of sp³-hybridized carbons (Fsp3) is 0.267. The molecule has 0 aromatic carbocycles. The molecule has 11 nitrogen and oxygen atoms in total. The van der Waals surface area contributed by atoms with E-state index in [0.717, 1.165) is 4.57 Å². The number of hydrogen-bond acceptors (Lipinski definition) is 6. The monoisotopic (exact) mass is 360 g/mol. The summed E-state index contributed by atoms with van der Waals surface area (Å²) in [6, 6.07) is 2.66. The standard InChI is InChI=1S/C15H16N6O5/c1-19-12-11(13(23)20(2)15(19)25)21(8-17-12)7-10(22)18-14(24)16-6-9-4-3-5-26-9/h3-5,8H,6-7H2,1-2H3,(H2,16,18,22,24). The zero-order chi connectivity index (χ0) is 18.8. The van der Waals surface area contributed by atoms with E-state index in [0.29, 0.717) is 5.76 Å². The highest BCUT2D eigenvalue weighted by molar-refractivity contribution is 5.94. The average Bonchev–Trinajstić information content (AvgIpc) is 3.26. The van der Waals surface area contributed by atoms with Gasteiger partial charge in [0.25, 0.3) is 5.56 Å². The summed E-state index contributed by atoms with van der Waals surface area (Å²) >= 11 is 0. The molecule has 0 radical (unpaired) electrons. The number of amides is 3. The lowest BCUT2D eigenvalue weighted by atomic mass is 10.4. The van der Waals surface area contributed by atoms with Crippen molar-refractivity contribution in [3.8, 4) is 0 Å². The number of imidazole rings is 1. The molecule has 0 aliphatic rings. The first-order valence-corrected chi connectivity index (χ1v) is 7.59. The van der Waals surface area contributed by atoms with Crippen LogP contribution in [0.2, 0.25) is 0 Å². The van der Waals surface area contributed by atoms with Gasteiger partial charge in [0, 0.05) is 14.1 Å². The second kappa shape index (κ2) is 6.70. The third-order valence-electron chi connectivity index (χ3n) is 3.79. The molecule has 136 valence electrons. The lowest BCUT2D eigenvalue weighted by Crippen LogP contribution is -2.41. The van der Waals surface area contributed by atoms with Crippen LogP contribution in [0, 0.1) is 0 Å². The molecule has 3 amide bonds. The van der Waals surface area contributed by atoms with E-state index in [4.69, 9.17) is 4.42 Å². The molecule has 0 fully saturated rings. The molecule has 0 aliphatic carbocycles. The molecule has 3 rings (SSSR count). The summed E-state index contributed by atoms with van der Waals surface area (Å²) in [5, 5.41) is 4.62. The highest BCUT2D eigenvalue weighted by Gasteiger charge is 2.16. The van der Waals surface area contributed by atoms with Gasteiger partial charge in [0.05, 0.1) is 19.1 Å². The van der Waals surface area contributed by atoms with Gasteiger partial charge in [-0.1, -0.05) is 0 Å². The lowest BCUT2D eigenvalue weighted by Gasteiger charge is -2.08. The number of imide groups is 1. The molecule has 0 aliphatic heterocycles. The number of fused-ring (bicyclic) bond motifs is 1. The number of rotatable bonds is 4. The minimum atomic E-state index is -0.698. The maximum absolute atomic E-state index is 12.3. The molecule has 0 unspecified atom stereocenters. The number of furan rings is 1. The van der Waals surface area contributed by atoms with Gasteiger partial charge in [0.2, 0.25) is 5.91 Å². The highest BCUT2D eigenvalue weighted by atomic mass is 16.3. The molecule has 3 heterocycles. The largest absolute Gasteiger partial charge is 0.467 e. The summed E-state index contributed by atoms with van der Waals surface area (Å²) in [6.45, 7) is -0.180. The summed E-state index contributed by atoms with van der Waals surface area (Å²) in [5.74, 6) is -0.102. The van der Waals surface area contributed by atoms with Crippen LogP contribution < -0.4 is 21.9 Å². The van der Waals surface area contributed by atoms with E-state index in [1.54, 1.807) is 12.1 Å². The second-order valence-electron chi connectivity index (χ2n) is 5.56. The van der Waals surface area contributed by atoms with Gasteiger partial charge in [-0.05, 0) is 12.1 Å². The second-order valence-corrected chi connectivity index (χ2v) is 5.56. The van der Waals surface area contributed by atoms with Gasteiger partial charge in [-0.25, -0.2) is 14.6 Å². The minimum absolute atomic E-state index is 0.0979. The fourth-order valence-electron chi connectivity index (χ4n) is 2.46. The first kappa shape index (κ1) is 17.2. The molecule has 0 saturated carbocycles. The van der Waals surface area contributed by atoms with Crippen molar-refractivity contribution >= 4 is 23.1 Å². The van der Waals surface area contributed by atoms with E-state index >= 15 is 0 Å². The van der Waals surface area contributed by atoms with Crippen LogP contribution in [0.3, 0.4) is 0 Å². The Morgan fingerprint density at radius 2 is 2.00 bits per heavy atom. The van der Waals surface area contributed by atoms with E-state index in [-0.39, 0.29) is 24.3 Å². The predicted octanol–water partition coefficient (Wildman–Crippen LogP) is -0.947. The van der Waals surface area contributed by atoms with Gasteiger partial charge in [-0.15, -0.1) is 0 Å². The number of aromatic nitrogens is 4. The Bertz CT molecular complexity index is 1090. The third kappa shape index (κ3) is 3.14. The van der Waals surface area contributed by atoms with Gasteiger partial charge in [-0.2, -0.15) is 0 Å². The molecule has 26 heavy (non-hydrogen) atoms. The molecule has 11 heteroatoms. The Balaban J connectivity index is 1.73. The van der Waals surface area contributed by atoms with Crippen molar-refractivity contribution in [2.75, 3.05) is 0 Å². The molecule has 2 N–H and O–H groups in total. The quantitative estimate of drug-likeness (QED) is 0.616. The van der Waals surface area contributed by atoms with Crippen LogP contribution in [0.4, 0.5) is 4.79 Å². The lowest BCUT2D eigenvalue weighted by molar-refractivity contribution is -0.120. The van der Waals surface area contributed by atoms with Gasteiger partial charge in [-0.3, -0.25) is 24.0 Å². The number of carbonyl (C=O) groups excluding carboxylic acids is 2. The Hall–Kier alpha value is -3.63. The Labute approximate surface area is 145 Å². The van der Waals surface area contributed by atoms with Crippen LogP contribution >= 0.6 is 0 Å². The molecule has 0 atom stereocenters. The number of nitrogens with one attached hydrogen (secondary N) is 2. The van der Waals surface area contributed by atoms with Crippen LogP contribution in [-0.2, 0) is 32.0 Å². The number of urea groups is 1. The number of aryl methyl sites for hydroxylation is 1. The van der Waals surface area contributed by atoms with E-state index < -0.39 is 23.2 Å². The molecule has 3 aromatic rings. The highest BCUT2D eigenvalue weighted by Crippen LogP contribution is 2.05. The summed E-state index contributed by atoms with van der Waals surface area (Å²) in [5.41, 5.74) is -0.834. The molecule has 3 aromatic heterocycles. The predicted molar refractivity (Wildman–Crippen MR) is 89.3 cm³/mol. The Morgan fingerprint density at radius 1 is 1.23 bits per heavy atom. The number of carbonyl (C=O) groups is 2. The summed E-state index contributed by atoms with van der Waals surface area (Å²) in [4.78, 5) is 52.0. The summed E-state index contributed by atoms with van der Waals surface area (Å²) in [7, 11) is 2.81. The zero-order valence-corrected chi connectivity index (χ0v) is 14.1. The van der Waals surface area contributed by atoms with Gasteiger partial charge < -0.3 is 14.3 Å². The normalized spacial score (nSPS) is 10.8. The molecule has 0 bridgehead atoms. The Morgan fingerprint density at radius 3 is 2.69 bits per heavy atom.